The first kappa shape index (κ1) is 25.0. The van der Waals surface area contributed by atoms with Gasteiger partial charge in [-0.1, -0.05) is 38.0 Å². The normalized spacial score (nSPS) is 31.6. The van der Waals surface area contributed by atoms with Crippen LogP contribution < -0.4 is 10.6 Å². The Morgan fingerprint density at radius 1 is 1.15 bits per heavy atom. The van der Waals surface area contributed by atoms with Gasteiger partial charge in [-0.2, -0.15) is 0 Å². The van der Waals surface area contributed by atoms with Gasteiger partial charge in [-0.05, 0) is 50.2 Å². The standard InChI is InChI=1S/C26H37N3O4S/c1-15-10-9-11-16(2)21(15)28-24(32)22-26-17(3)14-18(34-26)19(23(31)27-4)20(26)25(33)29(22)12-7-5-6-8-13-30/h9-11,17-20,22,30H,5-8,12-14H2,1-4H3,(H,27,31)(H,28,32)/t17?,18-,19+,20-,22?,26?/m0/s1. The molecule has 0 saturated carbocycles. The van der Waals surface area contributed by atoms with E-state index >= 15 is 0 Å². The summed E-state index contributed by atoms with van der Waals surface area (Å²) in [6.45, 7) is 6.74. The third-order valence-electron chi connectivity index (χ3n) is 8.08. The van der Waals surface area contributed by atoms with Gasteiger partial charge in [-0.15, -0.1) is 11.8 Å². The van der Waals surface area contributed by atoms with Gasteiger partial charge in [0.25, 0.3) is 0 Å². The number of hydrogen-bond acceptors (Lipinski definition) is 5. The van der Waals surface area contributed by atoms with Crippen LogP contribution in [0.15, 0.2) is 18.2 Å². The molecule has 3 fully saturated rings. The van der Waals surface area contributed by atoms with Gasteiger partial charge < -0.3 is 20.6 Å². The summed E-state index contributed by atoms with van der Waals surface area (Å²) >= 11 is 1.70. The number of unbranched alkanes of at least 4 members (excludes halogenated alkanes) is 3. The lowest BCUT2D eigenvalue weighted by molar-refractivity contribution is -0.139. The molecule has 0 radical (unpaired) electrons. The molecule has 0 aromatic heterocycles. The number of carbonyl (C=O) groups excluding carboxylic acids is 3. The summed E-state index contributed by atoms with van der Waals surface area (Å²) in [5.41, 5.74) is 2.78. The van der Waals surface area contributed by atoms with Crippen molar-refractivity contribution in [2.75, 3.05) is 25.5 Å². The average molecular weight is 488 g/mol. The zero-order valence-corrected chi connectivity index (χ0v) is 21.4. The van der Waals surface area contributed by atoms with Crippen LogP contribution in [0.25, 0.3) is 0 Å². The maximum atomic E-state index is 14.0. The molecule has 3 heterocycles. The number of hydrogen-bond donors (Lipinski definition) is 3. The lowest BCUT2D eigenvalue weighted by Crippen LogP contribution is -2.55. The van der Waals surface area contributed by atoms with E-state index in [1.54, 1.807) is 23.7 Å². The number of aryl methyl sites for hydroxylation is 2. The number of aliphatic hydroxyl groups excluding tert-OH is 1. The second-order valence-corrected chi connectivity index (χ2v) is 11.6. The minimum Gasteiger partial charge on any atom is -0.396 e. The molecular formula is C26H37N3O4S. The number of rotatable bonds is 9. The number of fused-ring (bicyclic) bond motifs is 1. The van der Waals surface area contributed by atoms with Crippen molar-refractivity contribution in [3.05, 3.63) is 29.3 Å². The molecule has 34 heavy (non-hydrogen) atoms. The van der Waals surface area contributed by atoms with Crippen LogP contribution in [-0.4, -0.2) is 64.0 Å². The summed E-state index contributed by atoms with van der Waals surface area (Å²) in [6, 6.07) is 5.31. The first-order valence-corrected chi connectivity index (χ1v) is 13.3. The van der Waals surface area contributed by atoms with Gasteiger partial charge in [0.05, 0.1) is 16.6 Å². The Morgan fingerprint density at radius 3 is 2.47 bits per heavy atom. The van der Waals surface area contributed by atoms with Crippen LogP contribution in [-0.2, 0) is 14.4 Å². The Labute approximate surface area is 206 Å². The lowest BCUT2D eigenvalue weighted by atomic mass is 9.66. The summed E-state index contributed by atoms with van der Waals surface area (Å²) < 4.78 is -0.593. The van der Waals surface area contributed by atoms with E-state index in [-0.39, 0.29) is 35.5 Å². The summed E-state index contributed by atoms with van der Waals surface area (Å²) in [7, 11) is 1.62. The zero-order chi connectivity index (χ0) is 24.6. The zero-order valence-electron chi connectivity index (χ0n) is 20.6. The second-order valence-electron chi connectivity index (χ2n) is 10.1. The van der Waals surface area contributed by atoms with Gasteiger partial charge in [-0.25, -0.2) is 0 Å². The summed E-state index contributed by atoms with van der Waals surface area (Å²) in [6.07, 6.45) is 4.13. The topological polar surface area (TPSA) is 98.7 Å². The molecule has 7 nitrogen and oxygen atoms in total. The number of nitrogens with one attached hydrogen (secondary N) is 2. The van der Waals surface area contributed by atoms with Gasteiger partial charge in [0.2, 0.25) is 17.7 Å². The molecule has 186 valence electrons. The Morgan fingerprint density at radius 2 is 1.82 bits per heavy atom. The molecule has 3 amide bonds. The summed E-state index contributed by atoms with van der Waals surface area (Å²) in [4.78, 5) is 42.5. The predicted molar refractivity (Wildman–Crippen MR) is 135 cm³/mol. The van der Waals surface area contributed by atoms with E-state index < -0.39 is 22.6 Å². The fourth-order valence-corrected chi connectivity index (χ4v) is 8.90. The van der Waals surface area contributed by atoms with E-state index in [1.165, 1.54) is 0 Å². The quantitative estimate of drug-likeness (QED) is 0.465. The number of thioether (sulfide) groups is 1. The molecule has 6 atom stereocenters. The lowest BCUT2D eigenvalue weighted by Gasteiger charge is -2.38. The van der Waals surface area contributed by atoms with Crippen molar-refractivity contribution in [1.82, 2.24) is 10.2 Å². The molecule has 3 N–H and O–H groups in total. The predicted octanol–water partition coefficient (Wildman–Crippen LogP) is 2.88. The molecule has 8 heteroatoms. The minimum absolute atomic E-state index is 0.0565. The molecular weight excluding hydrogens is 450 g/mol. The largest absolute Gasteiger partial charge is 0.396 e. The van der Waals surface area contributed by atoms with Crippen molar-refractivity contribution in [3.63, 3.8) is 0 Å². The summed E-state index contributed by atoms with van der Waals surface area (Å²) in [5, 5.41) is 15.1. The maximum Gasteiger partial charge on any atom is 0.248 e. The van der Waals surface area contributed by atoms with Crippen molar-refractivity contribution in [3.8, 4) is 0 Å². The molecule has 0 aliphatic carbocycles. The van der Waals surface area contributed by atoms with Crippen LogP contribution in [0.4, 0.5) is 5.69 Å². The molecule has 1 aromatic carbocycles. The number of amides is 3. The number of nitrogens with zero attached hydrogens (tertiary/aromatic N) is 1. The third kappa shape index (κ3) is 3.92. The van der Waals surface area contributed by atoms with Crippen LogP contribution in [0, 0.1) is 31.6 Å². The molecule has 3 aliphatic rings. The van der Waals surface area contributed by atoms with Crippen molar-refractivity contribution in [2.45, 2.75) is 68.9 Å². The highest BCUT2D eigenvalue weighted by Gasteiger charge is 2.75. The van der Waals surface area contributed by atoms with E-state index in [1.807, 2.05) is 32.0 Å². The van der Waals surface area contributed by atoms with Crippen LogP contribution in [0.5, 0.6) is 0 Å². The molecule has 1 spiro atoms. The Bertz CT molecular complexity index is 949. The Hall–Kier alpha value is -2.06. The average Bonchev–Trinajstić information content (AvgIpc) is 3.39. The number of anilines is 1. The van der Waals surface area contributed by atoms with Crippen LogP contribution in [0.1, 0.15) is 50.2 Å². The van der Waals surface area contributed by atoms with E-state index in [0.717, 1.165) is 48.9 Å². The summed E-state index contributed by atoms with van der Waals surface area (Å²) in [5.74, 6) is -1.01. The van der Waals surface area contributed by atoms with E-state index in [9.17, 15) is 14.4 Å². The number of para-hydroxylation sites is 1. The highest BCUT2D eigenvalue weighted by atomic mass is 32.2. The van der Waals surface area contributed by atoms with E-state index in [2.05, 4.69) is 17.6 Å². The first-order valence-electron chi connectivity index (χ1n) is 12.5. The van der Waals surface area contributed by atoms with Crippen LogP contribution in [0.3, 0.4) is 0 Å². The number of benzene rings is 1. The molecule has 3 unspecified atom stereocenters. The van der Waals surface area contributed by atoms with E-state index in [0.29, 0.717) is 6.54 Å². The van der Waals surface area contributed by atoms with Crippen molar-refractivity contribution >= 4 is 35.2 Å². The van der Waals surface area contributed by atoms with Crippen molar-refractivity contribution < 1.29 is 19.5 Å². The van der Waals surface area contributed by atoms with Crippen LogP contribution in [0.2, 0.25) is 0 Å². The van der Waals surface area contributed by atoms with Crippen molar-refractivity contribution in [1.29, 1.82) is 0 Å². The van der Waals surface area contributed by atoms with Gasteiger partial charge >= 0.3 is 0 Å². The van der Waals surface area contributed by atoms with E-state index in [4.69, 9.17) is 5.11 Å². The smallest absolute Gasteiger partial charge is 0.248 e. The number of carbonyl (C=O) groups is 3. The molecule has 3 saturated heterocycles. The Balaban J connectivity index is 1.68. The van der Waals surface area contributed by atoms with Crippen LogP contribution >= 0.6 is 11.8 Å². The molecule has 3 aliphatic heterocycles. The monoisotopic (exact) mass is 487 g/mol. The van der Waals surface area contributed by atoms with Gasteiger partial charge in [-0.3, -0.25) is 14.4 Å². The van der Waals surface area contributed by atoms with Gasteiger partial charge in [0.15, 0.2) is 0 Å². The van der Waals surface area contributed by atoms with Crippen molar-refractivity contribution in [2.24, 2.45) is 17.8 Å². The Kier molecular flexibility index (Phi) is 7.29. The molecule has 4 rings (SSSR count). The fraction of sp³-hybridized carbons (Fsp3) is 0.654. The first-order chi connectivity index (χ1) is 16.3. The number of aliphatic hydroxyl groups is 1. The highest BCUT2D eigenvalue weighted by molar-refractivity contribution is 8.02. The number of likely N-dealkylation sites (tertiary alicyclic amines) is 1. The molecule has 1 aromatic rings. The molecule has 2 bridgehead atoms. The maximum absolute atomic E-state index is 14.0. The van der Waals surface area contributed by atoms with Gasteiger partial charge in [0, 0.05) is 31.1 Å². The minimum atomic E-state index is -0.610. The highest BCUT2D eigenvalue weighted by Crippen LogP contribution is 2.68. The SMILES string of the molecule is CNC(=O)[C@@H]1[C@@H]2CC(C)C3(S2)C(C(=O)Nc2c(C)cccc2C)N(CCCCCCO)C(=O)[C@H]13. The fourth-order valence-electron chi connectivity index (χ4n) is 6.48. The third-order valence-corrected chi connectivity index (χ3v) is 10.2. The second kappa shape index (κ2) is 9.90. The van der Waals surface area contributed by atoms with Gasteiger partial charge in [0.1, 0.15) is 6.04 Å².